The van der Waals surface area contributed by atoms with Gasteiger partial charge in [0.25, 0.3) is 5.91 Å². The molecule has 27 heavy (non-hydrogen) atoms. The van der Waals surface area contributed by atoms with E-state index >= 15 is 0 Å². The number of hydrogen-bond donors (Lipinski definition) is 1. The van der Waals surface area contributed by atoms with Crippen LogP contribution in [-0.4, -0.2) is 18.2 Å². The van der Waals surface area contributed by atoms with Crippen molar-refractivity contribution in [2.24, 2.45) is 4.99 Å². The van der Waals surface area contributed by atoms with Crippen molar-refractivity contribution >= 4 is 46.3 Å². The smallest absolute Gasteiger partial charge is 0.251 e. The lowest BCUT2D eigenvalue weighted by molar-refractivity contribution is -0.117. The van der Waals surface area contributed by atoms with E-state index in [2.05, 4.69) is 18.0 Å². The fraction of sp³-hybridized carbons (Fsp3) is 0.143. The van der Waals surface area contributed by atoms with Crippen molar-refractivity contribution in [2.45, 2.75) is 18.2 Å². The molecule has 0 saturated carbocycles. The minimum atomic E-state index is -0.148. The number of allylic oxidation sites excluding steroid dienone is 1. The Morgan fingerprint density at radius 1 is 1.33 bits per heavy atom. The van der Waals surface area contributed by atoms with Gasteiger partial charge in [0.05, 0.1) is 21.3 Å². The van der Waals surface area contributed by atoms with E-state index in [9.17, 15) is 4.79 Å². The predicted molar refractivity (Wildman–Crippen MR) is 117 cm³/mol. The van der Waals surface area contributed by atoms with Gasteiger partial charge in [-0.05, 0) is 30.0 Å². The predicted octanol–water partition coefficient (Wildman–Crippen LogP) is 5.82. The van der Waals surface area contributed by atoms with E-state index in [0.717, 1.165) is 27.5 Å². The molecule has 3 rings (SSSR count). The number of nitrogens with one attached hydrogen (secondary N) is 1. The molecule has 0 bridgehead atoms. The lowest BCUT2D eigenvalue weighted by atomic mass is 10.1. The summed E-state index contributed by atoms with van der Waals surface area (Å²) >= 11 is 9.52. The number of amides is 1. The molecule has 0 saturated heterocycles. The van der Waals surface area contributed by atoms with Crippen molar-refractivity contribution in [1.29, 1.82) is 0 Å². The second-order valence-electron chi connectivity index (χ2n) is 5.77. The van der Waals surface area contributed by atoms with E-state index in [4.69, 9.17) is 16.6 Å². The quantitative estimate of drug-likeness (QED) is 0.477. The summed E-state index contributed by atoms with van der Waals surface area (Å²) in [5.74, 6) is -0.148. The minimum absolute atomic E-state index is 0.148. The van der Waals surface area contributed by atoms with Gasteiger partial charge in [0.1, 0.15) is 0 Å². The first kappa shape index (κ1) is 19.7. The lowest BCUT2D eigenvalue weighted by Crippen LogP contribution is -2.25. The molecule has 0 spiro atoms. The first-order valence-corrected chi connectivity index (χ1v) is 10.7. The van der Waals surface area contributed by atoms with E-state index < -0.39 is 0 Å². The second-order valence-corrected chi connectivity index (χ2v) is 8.01. The van der Waals surface area contributed by atoms with E-state index in [0.29, 0.717) is 22.8 Å². The van der Waals surface area contributed by atoms with Crippen molar-refractivity contribution in [1.82, 2.24) is 5.32 Å². The number of fused-ring (bicyclic) bond motifs is 1. The monoisotopic (exact) mass is 414 g/mol. The van der Waals surface area contributed by atoms with Gasteiger partial charge in [-0.2, -0.15) is 0 Å². The summed E-state index contributed by atoms with van der Waals surface area (Å²) in [5, 5.41) is 7.45. The third-order valence-electron chi connectivity index (χ3n) is 3.84. The van der Waals surface area contributed by atoms with Crippen LogP contribution in [0.4, 0.5) is 0 Å². The number of carbonyl (C=O) groups is 1. The Morgan fingerprint density at radius 3 is 2.85 bits per heavy atom. The van der Waals surface area contributed by atoms with E-state index in [1.54, 1.807) is 35.3 Å². The first-order chi connectivity index (χ1) is 13.1. The number of carbonyl (C=O) groups excluding carboxylic acids is 1. The Morgan fingerprint density at radius 2 is 2.15 bits per heavy atom. The molecule has 1 N–H and O–H groups in total. The number of thioether (sulfide) groups is 1. The number of aliphatic imine (C=N–C) groups is 1. The van der Waals surface area contributed by atoms with Crippen molar-refractivity contribution in [3.05, 3.63) is 86.6 Å². The average Bonchev–Trinajstić information content (AvgIpc) is 3.02. The molecule has 0 radical (unpaired) electrons. The molecule has 1 aliphatic heterocycles. The maximum absolute atomic E-state index is 12.3. The summed E-state index contributed by atoms with van der Waals surface area (Å²) < 4.78 is 0. The van der Waals surface area contributed by atoms with E-state index in [1.807, 2.05) is 42.0 Å². The van der Waals surface area contributed by atoms with Gasteiger partial charge in [0.2, 0.25) is 0 Å². The molecule has 1 amide bonds. The Bertz CT molecular complexity index is 957. The summed E-state index contributed by atoms with van der Waals surface area (Å²) in [6, 6.07) is 9.96. The molecule has 2 aromatic rings. The molecule has 6 heteroatoms. The highest BCUT2D eigenvalue weighted by Crippen LogP contribution is 2.35. The van der Waals surface area contributed by atoms with Crippen molar-refractivity contribution in [3.63, 3.8) is 0 Å². The number of halogens is 1. The van der Waals surface area contributed by atoms with E-state index in [-0.39, 0.29) is 5.91 Å². The topological polar surface area (TPSA) is 41.5 Å². The van der Waals surface area contributed by atoms with Crippen LogP contribution in [0, 0.1) is 0 Å². The lowest BCUT2D eigenvalue weighted by Gasteiger charge is -2.08. The fourth-order valence-corrected chi connectivity index (χ4v) is 4.49. The van der Waals surface area contributed by atoms with Crippen LogP contribution in [-0.2, 0) is 4.79 Å². The molecular formula is C21H19ClN2OS2. The van der Waals surface area contributed by atoms with Gasteiger partial charge in [0.15, 0.2) is 0 Å². The fourth-order valence-electron chi connectivity index (χ4n) is 2.52. The Labute approximate surface area is 172 Å². The number of thiophene rings is 1. The summed E-state index contributed by atoms with van der Waals surface area (Å²) in [4.78, 5) is 19.2. The maximum atomic E-state index is 12.3. The number of rotatable bonds is 6. The summed E-state index contributed by atoms with van der Waals surface area (Å²) in [7, 11) is 0. The van der Waals surface area contributed by atoms with Crippen LogP contribution in [0.2, 0.25) is 5.02 Å². The van der Waals surface area contributed by atoms with Gasteiger partial charge in [-0.1, -0.05) is 61.1 Å². The van der Waals surface area contributed by atoms with Gasteiger partial charge in [0, 0.05) is 28.0 Å². The van der Waals surface area contributed by atoms with Crippen LogP contribution < -0.4 is 5.32 Å². The summed E-state index contributed by atoms with van der Waals surface area (Å²) in [5.41, 5.74) is 3.02. The van der Waals surface area contributed by atoms with E-state index in [1.165, 1.54) is 0 Å². The number of benzene rings is 1. The van der Waals surface area contributed by atoms with Gasteiger partial charge in [-0.25, -0.2) is 4.99 Å². The molecule has 2 heterocycles. The zero-order chi connectivity index (χ0) is 19.2. The van der Waals surface area contributed by atoms with Crippen molar-refractivity contribution in [2.75, 3.05) is 6.54 Å². The summed E-state index contributed by atoms with van der Waals surface area (Å²) in [6.07, 6.45) is 4.20. The SMILES string of the molecule is C=C/C(=C\C1=CSc2ccccc2C(c2sccc2Cl)=N1)C(=O)NCCC. The van der Waals surface area contributed by atoms with Crippen LogP contribution >= 0.6 is 34.7 Å². The van der Waals surface area contributed by atoms with Crippen molar-refractivity contribution < 1.29 is 4.79 Å². The molecule has 0 atom stereocenters. The Hall–Kier alpha value is -2.08. The van der Waals surface area contributed by atoms with Gasteiger partial charge in [-0.3, -0.25) is 4.79 Å². The third kappa shape index (κ3) is 4.61. The highest BCUT2D eigenvalue weighted by Gasteiger charge is 2.19. The zero-order valence-corrected chi connectivity index (χ0v) is 17.3. The average molecular weight is 415 g/mol. The van der Waals surface area contributed by atoms with Crippen LogP contribution in [0.3, 0.4) is 0 Å². The molecule has 0 fully saturated rings. The molecular weight excluding hydrogens is 396 g/mol. The first-order valence-electron chi connectivity index (χ1n) is 8.54. The van der Waals surface area contributed by atoms with Crippen LogP contribution in [0.25, 0.3) is 0 Å². The second kappa shape index (κ2) is 9.22. The van der Waals surface area contributed by atoms with Crippen molar-refractivity contribution in [3.8, 4) is 0 Å². The normalized spacial score (nSPS) is 13.9. The van der Waals surface area contributed by atoms with Crippen LogP contribution in [0.1, 0.15) is 23.8 Å². The Kier molecular flexibility index (Phi) is 6.72. The number of hydrogen-bond acceptors (Lipinski definition) is 4. The maximum Gasteiger partial charge on any atom is 0.251 e. The highest BCUT2D eigenvalue weighted by atomic mass is 35.5. The Balaban J connectivity index is 2.05. The highest BCUT2D eigenvalue weighted by molar-refractivity contribution is 8.02. The zero-order valence-electron chi connectivity index (χ0n) is 14.9. The van der Waals surface area contributed by atoms with Gasteiger partial charge < -0.3 is 5.32 Å². The van der Waals surface area contributed by atoms with Crippen LogP contribution in [0.5, 0.6) is 0 Å². The number of nitrogens with zero attached hydrogens (tertiary/aromatic N) is 1. The summed E-state index contributed by atoms with van der Waals surface area (Å²) in [6.45, 7) is 6.41. The molecule has 0 aliphatic carbocycles. The molecule has 1 aromatic carbocycles. The third-order valence-corrected chi connectivity index (χ3v) is 6.16. The molecule has 1 aromatic heterocycles. The van der Waals surface area contributed by atoms with Crippen LogP contribution in [0.15, 0.2) is 81.0 Å². The molecule has 1 aliphatic rings. The standard InChI is InChI=1S/C21H19ClN2OS2/c1-3-10-23-21(25)14(4-2)12-15-13-27-18-8-6-5-7-16(18)19(24-15)20-17(22)9-11-26-20/h4-9,11-13H,2-3,10H2,1H3,(H,23,25)/b14-12+. The molecule has 138 valence electrons. The van der Waals surface area contributed by atoms with Gasteiger partial charge >= 0.3 is 0 Å². The minimum Gasteiger partial charge on any atom is -0.352 e. The largest absolute Gasteiger partial charge is 0.352 e. The molecule has 3 nitrogen and oxygen atoms in total. The van der Waals surface area contributed by atoms with Gasteiger partial charge in [-0.15, -0.1) is 11.3 Å². The molecule has 0 unspecified atom stereocenters.